The van der Waals surface area contributed by atoms with Crippen LogP contribution in [0, 0.1) is 0 Å². The normalized spacial score (nSPS) is 11.0. The van der Waals surface area contributed by atoms with Gasteiger partial charge in [-0.2, -0.15) is 0 Å². The van der Waals surface area contributed by atoms with E-state index in [9.17, 15) is 4.79 Å². The van der Waals surface area contributed by atoms with Gasteiger partial charge in [-0.15, -0.1) is 0 Å². The van der Waals surface area contributed by atoms with Gasteiger partial charge in [0.15, 0.2) is 28.8 Å². The molecule has 0 atom stereocenters. The highest BCUT2D eigenvalue weighted by molar-refractivity contribution is 6.08. The van der Waals surface area contributed by atoms with Crippen molar-refractivity contribution in [2.75, 3.05) is 41.3 Å². The summed E-state index contributed by atoms with van der Waals surface area (Å²) in [7, 11) is 7.90. The summed E-state index contributed by atoms with van der Waals surface area (Å²) in [4.78, 5) is 12.6. The van der Waals surface area contributed by atoms with Gasteiger partial charge in [-0.25, -0.2) is 0 Å². The molecule has 0 saturated carbocycles. The zero-order valence-corrected chi connectivity index (χ0v) is 21.2. The van der Waals surface area contributed by atoms with Crippen molar-refractivity contribution in [1.29, 1.82) is 0 Å². The Morgan fingerprint density at radius 3 is 2.00 bits per heavy atom. The molecule has 0 heterocycles. The van der Waals surface area contributed by atoms with Gasteiger partial charge in [0.25, 0.3) is 0 Å². The van der Waals surface area contributed by atoms with Crippen LogP contribution < -0.4 is 29.4 Å². The van der Waals surface area contributed by atoms with Gasteiger partial charge < -0.3 is 29.4 Å². The number of methoxy groups -OCH3 is 5. The second-order valence-corrected chi connectivity index (χ2v) is 7.72. The third kappa shape index (κ3) is 5.81. The van der Waals surface area contributed by atoms with E-state index in [0.717, 1.165) is 16.7 Å². The highest BCUT2D eigenvalue weighted by Gasteiger charge is 2.15. The number of hydrogen-bond donors (Lipinski definition) is 1. The molecule has 0 unspecified atom stereocenters. The monoisotopic (exact) mass is 489 g/mol. The average molecular weight is 490 g/mol. The fourth-order valence-electron chi connectivity index (χ4n) is 3.85. The topological polar surface area (TPSA) is 89.2 Å². The lowest BCUT2D eigenvalue weighted by atomic mass is 10.00. The third-order valence-electron chi connectivity index (χ3n) is 5.64. The van der Waals surface area contributed by atoms with Crippen LogP contribution in [-0.4, -0.2) is 41.3 Å². The van der Waals surface area contributed by atoms with Crippen molar-refractivity contribution in [2.24, 2.45) is 0 Å². The number of nitrogens with two attached hydrogens (primary N) is 1. The van der Waals surface area contributed by atoms with Gasteiger partial charge in [-0.1, -0.05) is 36.4 Å². The highest BCUT2D eigenvalue weighted by atomic mass is 16.5. The molecule has 0 amide bonds. The molecule has 0 spiro atoms. The largest absolute Gasteiger partial charge is 0.493 e. The molecule has 7 heteroatoms. The summed E-state index contributed by atoms with van der Waals surface area (Å²) in [6, 6.07) is 14.5. The summed E-state index contributed by atoms with van der Waals surface area (Å²) in [5.74, 6) is 2.68. The number of para-hydroxylation sites is 1. The molecule has 0 bridgehead atoms. The number of hydrogen-bond acceptors (Lipinski definition) is 7. The summed E-state index contributed by atoms with van der Waals surface area (Å²) in [6.45, 7) is 0. The van der Waals surface area contributed by atoms with Gasteiger partial charge in [0.2, 0.25) is 5.75 Å². The van der Waals surface area contributed by atoms with Crippen LogP contribution in [0.15, 0.2) is 60.7 Å². The summed E-state index contributed by atoms with van der Waals surface area (Å²) >= 11 is 0. The Hall–Kier alpha value is -4.39. The van der Waals surface area contributed by atoms with Crippen molar-refractivity contribution < 1.29 is 28.5 Å². The first kappa shape index (κ1) is 26.2. The van der Waals surface area contributed by atoms with Crippen molar-refractivity contribution in [2.45, 2.75) is 6.42 Å². The number of benzene rings is 3. The Kier molecular flexibility index (Phi) is 9.00. The molecule has 36 heavy (non-hydrogen) atoms. The van der Waals surface area contributed by atoms with Gasteiger partial charge in [0, 0.05) is 16.8 Å². The Bertz CT molecular complexity index is 1250. The van der Waals surface area contributed by atoms with Crippen LogP contribution in [0.4, 0.5) is 5.69 Å². The van der Waals surface area contributed by atoms with E-state index >= 15 is 0 Å². The maximum absolute atomic E-state index is 12.6. The molecule has 0 saturated heterocycles. The Morgan fingerprint density at radius 2 is 1.42 bits per heavy atom. The molecule has 188 valence electrons. The first-order valence-electron chi connectivity index (χ1n) is 11.2. The minimum absolute atomic E-state index is 0.163. The fourth-order valence-corrected chi connectivity index (χ4v) is 3.85. The lowest BCUT2D eigenvalue weighted by Crippen LogP contribution is -2.01. The molecule has 7 nitrogen and oxygen atoms in total. The molecule has 0 aliphatic rings. The van der Waals surface area contributed by atoms with Gasteiger partial charge in [-0.05, 0) is 54.0 Å². The quantitative estimate of drug-likeness (QED) is 0.165. The van der Waals surface area contributed by atoms with Gasteiger partial charge in [-0.3, -0.25) is 4.79 Å². The molecule has 2 N–H and O–H groups in total. The fraction of sp³-hybridized carbons (Fsp3) is 0.207. The number of allylic oxidation sites excluding steroid dienone is 2. The van der Waals surface area contributed by atoms with Crippen molar-refractivity contribution >= 4 is 23.6 Å². The number of nitrogen functional groups attached to an aromatic ring is 1. The van der Waals surface area contributed by atoms with Crippen LogP contribution in [-0.2, 0) is 6.42 Å². The summed E-state index contributed by atoms with van der Waals surface area (Å²) in [5, 5.41) is 0. The smallest absolute Gasteiger partial charge is 0.203 e. The lowest BCUT2D eigenvalue weighted by Gasteiger charge is -2.15. The van der Waals surface area contributed by atoms with Crippen LogP contribution in [0.5, 0.6) is 28.7 Å². The first-order chi connectivity index (χ1) is 17.5. The molecule has 3 aromatic rings. The molecule has 0 fully saturated rings. The number of rotatable bonds is 11. The molecular formula is C29H31NO6. The second-order valence-electron chi connectivity index (χ2n) is 7.72. The van der Waals surface area contributed by atoms with Crippen molar-refractivity contribution in [1.82, 2.24) is 0 Å². The van der Waals surface area contributed by atoms with E-state index in [1.165, 1.54) is 6.08 Å². The Labute approximate surface area is 211 Å². The van der Waals surface area contributed by atoms with Crippen LogP contribution in [0.2, 0.25) is 0 Å². The second kappa shape index (κ2) is 12.4. The van der Waals surface area contributed by atoms with Gasteiger partial charge in [0.05, 0.1) is 35.5 Å². The SMILES string of the molecule is COc1cc(/C=C\c2ccc(OC)c(OC)c2C/C=C\C(=O)c2ccccc2N)cc(OC)c1OC. The van der Waals surface area contributed by atoms with E-state index in [1.54, 1.807) is 65.9 Å². The van der Waals surface area contributed by atoms with Crippen LogP contribution in [0.25, 0.3) is 12.2 Å². The first-order valence-corrected chi connectivity index (χ1v) is 11.2. The Morgan fingerprint density at radius 1 is 0.778 bits per heavy atom. The average Bonchev–Trinajstić information content (AvgIpc) is 2.91. The van der Waals surface area contributed by atoms with E-state index < -0.39 is 0 Å². The third-order valence-corrected chi connectivity index (χ3v) is 5.64. The van der Waals surface area contributed by atoms with Crippen LogP contribution in [0.1, 0.15) is 27.0 Å². The molecule has 0 aliphatic heterocycles. The van der Waals surface area contributed by atoms with Crippen molar-refractivity contribution in [3.05, 3.63) is 82.9 Å². The Balaban J connectivity index is 1.97. The summed E-state index contributed by atoms with van der Waals surface area (Å²) < 4.78 is 27.5. The van der Waals surface area contributed by atoms with E-state index in [-0.39, 0.29) is 5.78 Å². The minimum Gasteiger partial charge on any atom is -0.493 e. The number of ether oxygens (including phenoxy) is 5. The molecule has 3 aromatic carbocycles. The van der Waals surface area contributed by atoms with E-state index in [0.29, 0.717) is 46.4 Å². The van der Waals surface area contributed by atoms with E-state index in [4.69, 9.17) is 29.4 Å². The van der Waals surface area contributed by atoms with Crippen molar-refractivity contribution in [3.8, 4) is 28.7 Å². The molecule has 3 rings (SSSR count). The zero-order valence-electron chi connectivity index (χ0n) is 21.2. The van der Waals surface area contributed by atoms with E-state index in [2.05, 4.69) is 0 Å². The van der Waals surface area contributed by atoms with E-state index in [1.807, 2.05) is 36.4 Å². The molecular weight excluding hydrogens is 458 g/mol. The predicted molar refractivity (Wildman–Crippen MR) is 143 cm³/mol. The minimum atomic E-state index is -0.163. The molecule has 0 radical (unpaired) electrons. The number of ketones is 1. The van der Waals surface area contributed by atoms with Crippen LogP contribution >= 0.6 is 0 Å². The maximum Gasteiger partial charge on any atom is 0.203 e. The van der Waals surface area contributed by atoms with Crippen molar-refractivity contribution in [3.63, 3.8) is 0 Å². The molecule has 0 aliphatic carbocycles. The number of carbonyl (C=O) groups is 1. The summed E-state index contributed by atoms with van der Waals surface area (Å²) in [5.41, 5.74) is 9.48. The predicted octanol–water partition coefficient (Wildman–Crippen LogP) is 5.46. The number of carbonyl (C=O) groups excluding carboxylic acids is 1. The number of anilines is 1. The lowest BCUT2D eigenvalue weighted by molar-refractivity contribution is 0.104. The van der Waals surface area contributed by atoms with Crippen LogP contribution in [0.3, 0.4) is 0 Å². The maximum atomic E-state index is 12.6. The summed E-state index contributed by atoms with van der Waals surface area (Å²) in [6.07, 6.45) is 7.66. The standard InChI is InChI=1S/C29H31NO6/c1-32-25-16-15-20(14-13-19-17-26(33-2)29(36-5)27(18-19)34-3)21(28(25)35-4)10-8-12-24(31)22-9-6-7-11-23(22)30/h6-9,11-18H,10,30H2,1-5H3/b12-8-,14-13-. The highest BCUT2D eigenvalue weighted by Crippen LogP contribution is 2.39. The van der Waals surface area contributed by atoms with Gasteiger partial charge in [0.1, 0.15) is 0 Å². The zero-order chi connectivity index (χ0) is 26.1. The van der Waals surface area contributed by atoms with Gasteiger partial charge >= 0.3 is 0 Å². The molecule has 0 aromatic heterocycles.